The van der Waals surface area contributed by atoms with Crippen molar-refractivity contribution in [3.8, 4) is 10.6 Å². The van der Waals surface area contributed by atoms with Gasteiger partial charge in [0.15, 0.2) is 10.8 Å². The molecule has 0 aliphatic heterocycles. The molecule has 27 heavy (non-hydrogen) atoms. The van der Waals surface area contributed by atoms with Crippen LogP contribution in [-0.2, 0) is 4.74 Å². The van der Waals surface area contributed by atoms with Gasteiger partial charge >= 0.3 is 0 Å². The minimum absolute atomic E-state index is 0.501. The molecule has 3 rings (SSSR count). The molecule has 0 radical (unpaired) electrons. The lowest BCUT2D eigenvalue weighted by atomic mass is 9.95. The van der Waals surface area contributed by atoms with Gasteiger partial charge in [0.1, 0.15) is 5.69 Å². The highest BCUT2D eigenvalue weighted by Crippen LogP contribution is 2.35. The lowest BCUT2D eigenvalue weighted by molar-refractivity contribution is 0.206. The second kappa shape index (κ2) is 8.35. The normalized spacial score (nSPS) is 11.7. The SMILES string of the molecule is CCC(CC)c1cc(C)nn2c(-c3cnc(N(C)CCOC)s3)c(C)nc12. The zero-order chi connectivity index (χ0) is 19.6. The third-order valence-electron chi connectivity index (χ3n) is 5.02. The van der Waals surface area contributed by atoms with E-state index in [0.717, 1.165) is 52.1 Å². The van der Waals surface area contributed by atoms with Crippen molar-refractivity contribution in [1.82, 2.24) is 19.6 Å². The van der Waals surface area contributed by atoms with E-state index in [9.17, 15) is 0 Å². The molecule has 6 nitrogen and oxygen atoms in total. The van der Waals surface area contributed by atoms with Gasteiger partial charge in [0.2, 0.25) is 0 Å². The van der Waals surface area contributed by atoms with Crippen molar-refractivity contribution in [3.63, 3.8) is 0 Å². The van der Waals surface area contributed by atoms with Crippen molar-refractivity contribution < 1.29 is 4.74 Å². The van der Waals surface area contributed by atoms with Gasteiger partial charge in [-0.25, -0.2) is 14.5 Å². The smallest absolute Gasteiger partial charge is 0.185 e. The van der Waals surface area contributed by atoms with E-state index in [1.165, 1.54) is 5.56 Å². The maximum atomic E-state index is 5.17. The van der Waals surface area contributed by atoms with Crippen molar-refractivity contribution in [1.29, 1.82) is 0 Å². The monoisotopic (exact) mass is 387 g/mol. The molecule has 146 valence electrons. The van der Waals surface area contributed by atoms with Crippen molar-refractivity contribution in [3.05, 3.63) is 29.2 Å². The molecule has 3 aromatic heterocycles. The maximum absolute atomic E-state index is 5.17. The highest BCUT2D eigenvalue weighted by atomic mass is 32.1. The highest BCUT2D eigenvalue weighted by molar-refractivity contribution is 7.18. The molecule has 0 N–H and O–H groups in total. The number of rotatable bonds is 8. The van der Waals surface area contributed by atoms with Gasteiger partial charge in [-0.05, 0) is 38.7 Å². The number of aryl methyl sites for hydroxylation is 2. The molecule has 0 aromatic carbocycles. The maximum Gasteiger partial charge on any atom is 0.185 e. The number of thiazole rings is 1. The van der Waals surface area contributed by atoms with Gasteiger partial charge < -0.3 is 9.64 Å². The first-order chi connectivity index (χ1) is 13.0. The number of imidazole rings is 1. The van der Waals surface area contributed by atoms with Crippen LogP contribution in [0.15, 0.2) is 12.3 Å². The average Bonchev–Trinajstić information content (AvgIpc) is 3.24. The molecule has 0 atom stereocenters. The van der Waals surface area contributed by atoms with E-state index in [0.29, 0.717) is 12.5 Å². The van der Waals surface area contributed by atoms with E-state index in [2.05, 4.69) is 43.6 Å². The van der Waals surface area contributed by atoms with Crippen LogP contribution in [0.4, 0.5) is 5.13 Å². The van der Waals surface area contributed by atoms with E-state index in [1.807, 2.05) is 17.8 Å². The third kappa shape index (κ3) is 3.84. The first-order valence-electron chi connectivity index (χ1n) is 9.53. The summed E-state index contributed by atoms with van der Waals surface area (Å²) in [5, 5.41) is 5.76. The number of anilines is 1. The molecule has 0 fully saturated rings. The van der Waals surface area contributed by atoms with Gasteiger partial charge in [0.05, 0.1) is 22.9 Å². The molecule has 7 heteroatoms. The summed E-state index contributed by atoms with van der Waals surface area (Å²) >= 11 is 1.67. The fourth-order valence-corrected chi connectivity index (χ4v) is 4.45. The molecule has 0 saturated carbocycles. The second-order valence-electron chi connectivity index (χ2n) is 6.96. The summed E-state index contributed by atoms with van der Waals surface area (Å²) in [6.07, 6.45) is 4.14. The van der Waals surface area contributed by atoms with Gasteiger partial charge in [-0.2, -0.15) is 5.10 Å². The number of ether oxygens (including phenoxy) is 1. The standard InChI is InChI=1S/C20H29N5OS/c1-7-15(8-2)16-11-13(3)23-25-18(14(4)22-19(16)25)17-12-21-20(27-17)24(5)9-10-26-6/h11-12,15H,7-10H2,1-6H3. The summed E-state index contributed by atoms with van der Waals surface area (Å²) in [7, 11) is 3.75. The molecule has 0 aliphatic rings. The van der Waals surface area contributed by atoms with Crippen LogP contribution in [0.2, 0.25) is 0 Å². The highest BCUT2D eigenvalue weighted by Gasteiger charge is 2.21. The topological polar surface area (TPSA) is 55.5 Å². The summed E-state index contributed by atoms with van der Waals surface area (Å²) < 4.78 is 7.19. The minimum Gasteiger partial charge on any atom is -0.383 e. The van der Waals surface area contributed by atoms with Crippen LogP contribution >= 0.6 is 11.3 Å². The van der Waals surface area contributed by atoms with Crippen molar-refractivity contribution in [2.45, 2.75) is 46.5 Å². The second-order valence-corrected chi connectivity index (χ2v) is 7.97. The Labute approximate surface area is 165 Å². The number of likely N-dealkylation sites (N-methyl/N-ethyl adjacent to an activating group) is 1. The summed E-state index contributed by atoms with van der Waals surface area (Å²) in [5.74, 6) is 0.501. The fourth-order valence-electron chi connectivity index (χ4n) is 3.47. The molecular weight excluding hydrogens is 358 g/mol. The van der Waals surface area contributed by atoms with E-state index in [-0.39, 0.29) is 0 Å². The molecule has 0 bridgehead atoms. The molecule has 0 amide bonds. The quantitative estimate of drug-likeness (QED) is 0.571. The van der Waals surface area contributed by atoms with Crippen molar-refractivity contribution >= 4 is 22.1 Å². The van der Waals surface area contributed by atoms with Crippen LogP contribution < -0.4 is 4.90 Å². The Balaban J connectivity index is 2.08. The molecule has 0 saturated heterocycles. The molecule has 3 heterocycles. The molecule has 3 aromatic rings. The van der Waals surface area contributed by atoms with Crippen LogP contribution in [0.25, 0.3) is 16.2 Å². The lowest BCUT2D eigenvalue weighted by Crippen LogP contribution is -2.21. The Morgan fingerprint density at radius 2 is 2.00 bits per heavy atom. The predicted molar refractivity (Wildman–Crippen MR) is 112 cm³/mol. The Morgan fingerprint density at radius 3 is 2.67 bits per heavy atom. The van der Waals surface area contributed by atoms with Gasteiger partial charge in [-0.15, -0.1) is 0 Å². The van der Waals surface area contributed by atoms with E-state index in [4.69, 9.17) is 14.8 Å². The Kier molecular flexibility index (Phi) is 6.11. The van der Waals surface area contributed by atoms with E-state index in [1.54, 1.807) is 18.4 Å². The Hall–Kier alpha value is -1.99. The van der Waals surface area contributed by atoms with Gasteiger partial charge in [0.25, 0.3) is 0 Å². The van der Waals surface area contributed by atoms with Gasteiger partial charge in [-0.3, -0.25) is 0 Å². The number of nitrogens with zero attached hydrogens (tertiary/aromatic N) is 5. The number of hydrogen-bond acceptors (Lipinski definition) is 6. The molecule has 0 unspecified atom stereocenters. The third-order valence-corrected chi connectivity index (χ3v) is 6.14. The average molecular weight is 388 g/mol. The van der Waals surface area contributed by atoms with Crippen LogP contribution in [0.1, 0.15) is 49.6 Å². The Bertz CT molecular complexity index is 913. The number of aromatic nitrogens is 4. The first-order valence-corrected chi connectivity index (χ1v) is 10.3. The van der Waals surface area contributed by atoms with Gasteiger partial charge in [-0.1, -0.05) is 25.2 Å². The minimum atomic E-state index is 0.501. The van der Waals surface area contributed by atoms with Crippen LogP contribution in [0.5, 0.6) is 0 Å². The number of fused-ring (bicyclic) bond motifs is 1. The van der Waals surface area contributed by atoms with Crippen molar-refractivity contribution in [2.75, 3.05) is 32.2 Å². The zero-order valence-electron chi connectivity index (χ0n) is 17.1. The molecule has 0 aliphatic carbocycles. The molecule has 0 spiro atoms. The Morgan fingerprint density at radius 1 is 1.26 bits per heavy atom. The summed E-state index contributed by atoms with van der Waals surface area (Å²) in [6.45, 7) is 10.1. The van der Waals surface area contributed by atoms with E-state index < -0.39 is 0 Å². The van der Waals surface area contributed by atoms with Crippen LogP contribution in [0, 0.1) is 13.8 Å². The zero-order valence-corrected chi connectivity index (χ0v) is 17.9. The largest absolute Gasteiger partial charge is 0.383 e. The fraction of sp³-hybridized carbons (Fsp3) is 0.550. The first kappa shape index (κ1) is 19.8. The number of methoxy groups -OCH3 is 1. The summed E-state index contributed by atoms with van der Waals surface area (Å²) in [6, 6.07) is 2.19. The summed E-state index contributed by atoms with van der Waals surface area (Å²) in [5.41, 5.74) is 5.33. The van der Waals surface area contributed by atoms with Crippen LogP contribution in [-0.4, -0.2) is 46.9 Å². The van der Waals surface area contributed by atoms with Gasteiger partial charge in [0, 0.05) is 32.5 Å². The van der Waals surface area contributed by atoms with Crippen LogP contribution in [0.3, 0.4) is 0 Å². The summed E-state index contributed by atoms with van der Waals surface area (Å²) in [4.78, 5) is 12.7. The van der Waals surface area contributed by atoms with Crippen molar-refractivity contribution in [2.24, 2.45) is 0 Å². The predicted octanol–water partition coefficient (Wildman–Crippen LogP) is 4.46. The molecular formula is C20H29N5OS. The number of hydrogen-bond donors (Lipinski definition) is 0. The van der Waals surface area contributed by atoms with E-state index >= 15 is 0 Å². The lowest BCUT2D eigenvalue weighted by Gasteiger charge is -2.15.